The number of hydrogen-bond acceptors (Lipinski definition) is 5. The second-order valence-corrected chi connectivity index (χ2v) is 5.93. The molecule has 0 bridgehead atoms. The van der Waals surface area contributed by atoms with Gasteiger partial charge in [-0.3, -0.25) is 4.79 Å². The first-order valence-corrected chi connectivity index (χ1v) is 8.47. The normalized spacial score (nSPS) is 10.5. The Morgan fingerprint density at radius 3 is 2.48 bits per heavy atom. The highest BCUT2D eigenvalue weighted by Gasteiger charge is 2.12. The van der Waals surface area contributed by atoms with Crippen LogP contribution in [0, 0.1) is 0 Å². The fourth-order valence-electron chi connectivity index (χ4n) is 2.63. The minimum Gasteiger partial charge on any atom is -0.334 e. The molecule has 4 aromatic rings. The van der Waals surface area contributed by atoms with Crippen molar-refractivity contribution in [3.8, 4) is 11.5 Å². The Hall–Kier alpha value is -3.80. The fraction of sp³-hybridized carbons (Fsp3) is 0.0476. The van der Waals surface area contributed by atoms with Gasteiger partial charge in [-0.15, -0.1) is 0 Å². The van der Waals surface area contributed by atoms with Crippen molar-refractivity contribution < 1.29 is 9.32 Å². The standard InChI is InChI=1S/C21H16N4O2/c26-20(16-9-5-2-6-10-16)23-18-14-17(11-12-22-18)21-24-19(25-27-21)13-15-7-3-1-4-8-15/h1-12,14H,13H2,(H,22,23,26). The van der Waals surface area contributed by atoms with Crippen LogP contribution in [0.4, 0.5) is 5.82 Å². The van der Waals surface area contributed by atoms with E-state index in [1.807, 2.05) is 48.5 Å². The molecule has 132 valence electrons. The Bertz CT molecular complexity index is 1050. The number of pyridine rings is 1. The van der Waals surface area contributed by atoms with E-state index in [1.165, 1.54) is 0 Å². The van der Waals surface area contributed by atoms with Crippen molar-refractivity contribution in [1.29, 1.82) is 0 Å². The number of aromatic nitrogens is 3. The van der Waals surface area contributed by atoms with E-state index in [-0.39, 0.29) is 5.91 Å². The number of nitrogens with zero attached hydrogens (tertiary/aromatic N) is 3. The lowest BCUT2D eigenvalue weighted by Crippen LogP contribution is -2.12. The molecule has 1 amide bonds. The summed E-state index contributed by atoms with van der Waals surface area (Å²) in [5.41, 5.74) is 2.36. The summed E-state index contributed by atoms with van der Waals surface area (Å²) in [6.45, 7) is 0. The zero-order chi connectivity index (χ0) is 18.5. The maximum Gasteiger partial charge on any atom is 0.258 e. The first-order valence-electron chi connectivity index (χ1n) is 8.47. The van der Waals surface area contributed by atoms with E-state index in [2.05, 4.69) is 20.4 Å². The summed E-state index contributed by atoms with van der Waals surface area (Å²) in [6, 6.07) is 22.4. The second kappa shape index (κ2) is 7.61. The van der Waals surface area contributed by atoms with E-state index in [0.29, 0.717) is 35.1 Å². The number of benzene rings is 2. The van der Waals surface area contributed by atoms with Crippen molar-refractivity contribution in [2.24, 2.45) is 0 Å². The molecule has 2 aromatic heterocycles. The van der Waals surface area contributed by atoms with Crippen molar-refractivity contribution in [3.05, 3.63) is 95.9 Å². The smallest absolute Gasteiger partial charge is 0.258 e. The molecule has 0 aliphatic carbocycles. The Balaban J connectivity index is 1.50. The molecule has 0 radical (unpaired) electrons. The average molecular weight is 356 g/mol. The molecule has 0 saturated carbocycles. The second-order valence-electron chi connectivity index (χ2n) is 5.93. The first-order chi connectivity index (χ1) is 13.3. The van der Waals surface area contributed by atoms with Crippen molar-refractivity contribution >= 4 is 11.7 Å². The molecule has 0 atom stereocenters. The van der Waals surface area contributed by atoms with Gasteiger partial charge >= 0.3 is 0 Å². The summed E-state index contributed by atoms with van der Waals surface area (Å²) in [5, 5.41) is 6.81. The topological polar surface area (TPSA) is 80.9 Å². The van der Waals surface area contributed by atoms with Gasteiger partial charge in [-0.1, -0.05) is 53.7 Å². The first kappa shape index (κ1) is 16.7. The van der Waals surface area contributed by atoms with Gasteiger partial charge in [0.1, 0.15) is 5.82 Å². The van der Waals surface area contributed by atoms with Crippen LogP contribution in [-0.2, 0) is 6.42 Å². The third kappa shape index (κ3) is 4.07. The average Bonchev–Trinajstić information content (AvgIpc) is 3.18. The molecule has 4 rings (SSSR count). The van der Waals surface area contributed by atoms with Crippen LogP contribution in [0.2, 0.25) is 0 Å². The van der Waals surface area contributed by atoms with Gasteiger partial charge in [0.25, 0.3) is 11.8 Å². The van der Waals surface area contributed by atoms with Gasteiger partial charge in [-0.25, -0.2) is 4.98 Å². The summed E-state index contributed by atoms with van der Waals surface area (Å²) >= 11 is 0. The zero-order valence-electron chi connectivity index (χ0n) is 14.4. The van der Waals surface area contributed by atoms with Crippen LogP contribution in [0.3, 0.4) is 0 Å². The molecular formula is C21H16N4O2. The molecule has 0 unspecified atom stereocenters. The summed E-state index contributed by atoms with van der Waals surface area (Å²) in [4.78, 5) is 20.9. The number of rotatable bonds is 5. The van der Waals surface area contributed by atoms with Crippen molar-refractivity contribution in [2.45, 2.75) is 6.42 Å². The van der Waals surface area contributed by atoms with Crippen molar-refractivity contribution in [3.63, 3.8) is 0 Å². The van der Waals surface area contributed by atoms with Crippen LogP contribution in [0.25, 0.3) is 11.5 Å². The number of carbonyl (C=O) groups excluding carboxylic acids is 1. The van der Waals surface area contributed by atoms with Gasteiger partial charge in [0, 0.05) is 23.7 Å². The highest BCUT2D eigenvalue weighted by atomic mass is 16.5. The van der Waals surface area contributed by atoms with Crippen molar-refractivity contribution in [2.75, 3.05) is 5.32 Å². The van der Waals surface area contributed by atoms with E-state index in [9.17, 15) is 4.79 Å². The molecule has 2 heterocycles. The third-order valence-corrected chi connectivity index (χ3v) is 3.96. The SMILES string of the molecule is O=C(Nc1cc(-c2nc(Cc3ccccc3)no2)ccn1)c1ccccc1. The molecule has 0 aliphatic heterocycles. The molecule has 6 heteroatoms. The molecule has 27 heavy (non-hydrogen) atoms. The van der Waals surface area contributed by atoms with Gasteiger partial charge < -0.3 is 9.84 Å². The van der Waals surface area contributed by atoms with Gasteiger partial charge in [0.05, 0.1) is 0 Å². The Labute approximate surface area is 155 Å². The summed E-state index contributed by atoms with van der Waals surface area (Å²) < 4.78 is 5.37. The predicted molar refractivity (Wildman–Crippen MR) is 101 cm³/mol. The molecule has 0 aliphatic rings. The van der Waals surface area contributed by atoms with E-state index < -0.39 is 0 Å². The Kier molecular flexibility index (Phi) is 4.70. The van der Waals surface area contributed by atoms with Gasteiger partial charge in [-0.05, 0) is 29.8 Å². The summed E-state index contributed by atoms with van der Waals surface area (Å²) in [6.07, 6.45) is 2.18. The minimum absolute atomic E-state index is 0.226. The lowest BCUT2D eigenvalue weighted by molar-refractivity contribution is 0.102. The molecule has 0 fully saturated rings. The number of anilines is 1. The quantitative estimate of drug-likeness (QED) is 0.585. The summed E-state index contributed by atoms with van der Waals surface area (Å²) in [5.74, 6) is 1.18. The number of carbonyl (C=O) groups is 1. The molecule has 6 nitrogen and oxygen atoms in total. The molecule has 1 N–H and O–H groups in total. The fourth-order valence-corrected chi connectivity index (χ4v) is 2.63. The van der Waals surface area contributed by atoms with Crippen LogP contribution in [0.15, 0.2) is 83.5 Å². The van der Waals surface area contributed by atoms with Gasteiger partial charge in [-0.2, -0.15) is 4.98 Å². The highest BCUT2D eigenvalue weighted by Crippen LogP contribution is 2.20. The van der Waals surface area contributed by atoms with Crippen LogP contribution < -0.4 is 5.32 Å². The zero-order valence-corrected chi connectivity index (χ0v) is 14.4. The highest BCUT2D eigenvalue weighted by molar-refractivity contribution is 6.03. The van der Waals surface area contributed by atoms with E-state index >= 15 is 0 Å². The monoisotopic (exact) mass is 356 g/mol. The van der Waals surface area contributed by atoms with E-state index in [1.54, 1.807) is 30.5 Å². The molecule has 0 spiro atoms. The van der Waals surface area contributed by atoms with E-state index in [4.69, 9.17) is 4.52 Å². The van der Waals surface area contributed by atoms with Crippen LogP contribution in [0.5, 0.6) is 0 Å². The van der Waals surface area contributed by atoms with Crippen LogP contribution in [-0.4, -0.2) is 21.0 Å². The molecule has 0 saturated heterocycles. The van der Waals surface area contributed by atoms with Crippen LogP contribution >= 0.6 is 0 Å². The van der Waals surface area contributed by atoms with Gasteiger partial charge in [0.15, 0.2) is 5.82 Å². The lowest BCUT2D eigenvalue weighted by Gasteiger charge is -2.05. The van der Waals surface area contributed by atoms with Gasteiger partial charge in [0.2, 0.25) is 0 Å². The summed E-state index contributed by atoms with van der Waals surface area (Å²) in [7, 11) is 0. The molecular weight excluding hydrogens is 340 g/mol. The minimum atomic E-state index is -0.226. The van der Waals surface area contributed by atoms with Crippen molar-refractivity contribution in [1.82, 2.24) is 15.1 Å². The maximum atomic E-state index is 12.3. The predicted octanol–water partition coefficient (Wildman–Crippen LogP) is 3.97. The largest absolute Gasteiger partial charge is 0.334 e. The lowest BCUT2D eigenvalue weighted by atomic mass is 10.1. The van der Waals surface area contributed by atoms with E-state index in [0.717, 1.165) is 5.56 Å². The molecule has 2 aromatic carbocycles. The maximum absolute atomic E-state index is 12.3. The number of hydrogen-bond donors (Lipinski definition) is 1. The Morgan fingerprint density at radius 1 is 0.963 bits per heavy atom. The number of nitrogens with one attached hydrogen (secondary N) is 1. The number of amides is 1. The third-order valence-electron chi connectivity index (χ3n) is 3.96. The van der Waals surface area contributed by atoms with Crippen LogP contribution in [0.1, 0.15) is 21.7 Å². The Morgan fingerprint density at radius 2 is 1.70 bits per heavy atom.